The van der Waals surface area contributed by atoms with Crippen LogP contribution in [0.5, 0.6) is 5.75 Å². The highest BCUT2D eigenvalue weighted by molar-refractivity contribution is 7.99. The van der Waals surface area contributed by atoms with Crippen molar-refractivity contribution in [2.24, 2.45) is 11.7 Å². The van der Waals surface area contributed by atoms with E-state index in [9.17, 15) is 19.5 Å². The molecule has 1 saturated heterocycles. The second-order valence-corrected chi connectivity index (χ2v) is 8.85. The van der Waals surface area contributed by atoms with Gasteiger partial charge in [-0.15, -0.1) is 0 Å². The van der Waals surface area contributed by atoms with Gasteiger partial charge in [-0.1, -0.05) is 13.8 Å². The van der Waals surface area contributed by atoms with Crippen molar-refractivity contribution in [3.05, 3.63) is 27.8 Å². The fourth-order valence-corrected chi connectivity index (χ4v) is 4.75. The van der Waals surface area contributed by atoms with E-state index in [1.165, 1.54) is 6.07 Å². The van der Waals surface area contributed by atoms with Gasteiger partial charge in [0.15, 0.2) is 5.76 Å². The number of hydrogen-bond donors (Lipinski definition) is 3. The lowest BCUT2D eigenvalue weighted by Gasteiger charge is -2.36. The highest BCUT2D eigenvalue weighted by Gasteiger charge is 2.42. The van der Waals surface area contributed by atoms with Crippen molar-refractivity contribution in [2.45, 2.75) is 57.9 Å². The normalized spacial score (nSPS) is 17.5. The van der Waals surface area contributed by atoms with Gasteiger partial charge in [-0.3, -0.25) is 14.4 Å². The highest BCUT2D eigenvalue weighted by Crippen LogP contribution is 2.44. The van der Waals surface area contributed by atoms with Gasteiger partial charge in [0, 0.05) is 17.9 Å². The minimum atomic E-state index is -0.773. The molecule has 0 aromatic carbocycles. The molecule has 1 aliphatic heterocycles. The Morgan fingerprint density at radius 3 is 2.56 bits per heavy atom. The predicted octanol–water partition coefficient (Wildman–Crippen LogP) is 1.82. The maximum Gasteiger partial charge on any atom is 0.240 e. The van der Waals surface area contributed by atoms with Crippen LogP contribution in [-0.4, -0.2) is 34.5 Å². The monoisotopic (exact) mass is 396 g/mol. The summed E-state index contributed by atoms with van der Waals surface area (Å²) < 4.78 is 5.72. The maximum atomic E-state index is 12.7. The molecule has 27 heavy (non-hydrogen) atoms. The van der Waals surface area contributed by atoms with Gasteiger partial charge < -0.3 is 20.6 Å². The van der Waals surface area contributed by atoms with Crippen LogP contribution in [0, 0.1) is 12.8 Å². The average Bonchev–Trinajstić information content (AvgIpc) is 2.57. The first-order chi connectivity index (χ1) is 12.6. The van der Waals surface area contributed by atoms with Crippen molar-refractivity contribution in [3.63, 3.8) is 0 Å². The first-order valence-corrected chi connectivity index (χ1v) is 10.3. The summed E-state index contributed by atoms with van der Waals surface area (Å²) in [6.07, 6.45) is 1.66. The number of aryl methyl sites for hydroxylation is 1. The molecular weight excluding hydrogens is 368 g/mol. The standard InChI is InChI=1S/C19H28N2O5S/c1-11(2)8-13(18(20)25)21-15(23)10-19(4-6-27-7-5-19)17-16(24)14(22)9-12(3)26-17/h9,11,13,24H,4-8,10H2,1-3H3,(H2,20,25)(H,21,23)/t13-/m0/s1. The third-order valence-electron chi connectivity index (χ3n) is 4.86. The van der Waals surface area contributed by atoms with Crippen molar-refractivity contribution in [1.29, 1.82) is 0 Å². The third kappa shape index (κ3) is 5.28. The predicted molar refractivity (Wildman–Crippen MR) is 105 cm³/mol. The van der Waals surface area contributed by atoms with Crippen LogP contribution < -0.4 is 16.5 Å². The van der Waals surface area contributed by atoms with Crippen LogP contribution in [0.15, 0.2) is 15.3 Å². The molecule has 1 aliphatic rings. The van der Waals surface area contributed by atoms with Gasteiger partial charge in [-0.2, -0.15) is 11.8 Å². The molecule has 2 amide bonds. The summed E-state index contributed by atoms with van der Waals surface area (Å²) >= 11 is 1.75. The summed E-state index contributed by atoms with van der Waals surface area (Å²) in [5.74, 6) is 0.981. The fraction of sp³-hybridized carbons (Fsp3) is 0.632. The van der Waals surface area contributed by atoms with Crippen LogP contribution in [0.4, 0.5) is 0 Å². The van der Waals surface area contributed by atoms with Gasteiger partial charge >= 0.3 is 0 Å². The molecule has 0 aliphatic carbocycles. The lowest BCUT2D eigenvalue weighted by atomic mass is 9.75. The summed E-state index contributed by atoms with van der Waals surface area (Å²) in [5.41, 5.74) is 4.13. The van der Waals surface area contributed by atoms with Crippen LogP contribution in [0.2, 0.25) is 0 Å². The van der Waals surface area contributed by atoms with Crippen LogP contribution in [0.3, 0.4) is 0 Å². The summed E-state index contributed by atoms with van der Waals surface area (Å²) in [5, 5.41) is 13.0. The van der Waals surface area contributed by atoms with Crippen molar-refractivity contribution in [1.82, 2.24) is 5.32 Å². The number of hydrogen-bond acceptors (Lipinski definition) is 6. The molecule has 8 heteroatoms. The molecule has 1 fully saturated rings. The zero-order valence-corrected chi connectivity index (χ0v) is 16.9. The van der Waals surface area contributed by atoms with Gasteiger partial charge in [0.05, 0.1) is 0 Å². The smallest absolute Gasteiger partial charge is 0.240 e. The fourth-order valence-electron chi connectivity index (χ4n) is 3.48. The Balaban J connectivity index is 2.31. The van der Waals surface area contributed by atoms with Crippen LogP contribution in [0.25, 0.3) is 0 Å². The Bertz CT molecular complexity index is 753. The van der Waals surface area contributed by atoms with Crippen molar-refractivity contribution in [3.8, 4) is 5.75 Å². The molecule has 0 saturated carbocycles. The van der Waals surface area contributed by atoms with Crippen molar-refractivity contribution in [2.75, 3.05) is 11.5 Å². The topological polar surface area (TPSA) is 123 Å². The molecule has 1 atom stereocenters. The molecule has 0 spiro atoms. The van der Waals surface area contributed by atoms with Crippen molar-refractivity contribution >= 4 is 23.6 Å². The van der Waals surface area contributed by atoms with E-state index in [0.29, 0.717) is 25.0 Å². The first-order valence-electron chi connectivity index (χ1n) is 9.15. The number of primary amides is 1. The minimum absolute atomic E-state index is 0.0232. The number of thioether (sulfide) groups is 1. The number of rotatable bonds is 7. The lowest BCUT2D eigenvalue weighted by molar-refractivity contribution is -0.128. The summed E-state index contributed by atoms with van der Waals surface area (Å²) in [4.78, 5) is 36.4. The molecule has 0 radical (unpaired) electrons. The van der Waals surface area contributed by atoms with E-state index in [2.05, 4.69) is 5.32 Å². The SMILES string of the molecule is Cc1cc(=O)c(O)c(C2(CC(=O)N[C@@H](CC(C)C)C(N)=O)CCSCC2)o1. The average molecular weight is 397 g/mol. The van der Waals surface area contributed by atoms with Gasteiger partial charge in [0.25, 0.3) is 0 Å². The Morgan fingerprint density at radius 2 is 2.00 bits per heavy atom. The minimum Gasteiger partial charge on any atom is -0.502 e. The van der Waals surface area contributed by atoms with E-state index in [1.54, 1.807) is 18.7 Å². The molecule has 2 heterocycles. The third-order valence-corrected chi connectivity index (χ3v) is 5.85. The second-order valence-electron chi connectivity index (χ2n) is 7.62. The van der Waals surface area contributed by atoms with E-state index in [0.717, 1.165) is 11.5 Å². The molecule has 150 valence electrons. The van der Waals surface area contributed by atoms with E-state index >= 15 is 0 Å². The number of amides is 2. The first kappa shape index (κ1) is 21.3. The number of carbonyl (C=O) groups is 2. The Morgan fingerprint density at radius 1 is 1.37 bits per heavy atom. The summed E-state index contributed by atoms with van der Waals surface area (Å²) in [6.45, 7) is 5.53. The van der Waals surface area contributed by atoms with Gasteiger partial charge in [0.2, 0.25) is 23.0 Å². The molecular formula is C19H28N2O5S. The number of carbonyl (C=O) groups excluding carboxylic acids is 2. The molecule has 0 unspecified atom stereocenters. The Hall–Kier alpha value is -1.96. The number of nitrogens with one attached hydrogen (secondary N) is 1. The lowest BCUT2D eigenvalue weighted by Crippen LogP contribution is -2.47. The number of aromatic hydroxyl groups is 1. The molecule has 1 aromatic heterocycles. The molecule has 7 nitrogen and oxygen atoms in total. The molecule has 4 N–H and O–H groups in total. The molecule has 2 rings (SSSR count). The summed E-state index contributed by atoms with van der Waals surface area (Å²) in [7, 11) is 0. The number of nitrogens with two attached hydrogens (primary N) is 1. The van der Waals surface area contributed by atoms with Crippen molar-refractivity contribution < 1.29 is 19.1 Å². The van der Waals surface area contributed by atoms with Gasteiger partial charge in [-0.05, 0) is 43.6 Å². The largest absolute Gasteiger partial charge is 0.502 e. The van der Waals surface area contributed by atoms with E-state index < -0.39 is 28.5 Å². The second kappa shape index (κ2) is 8.82. The Labute approximate surface area is 163 Å². The Kier molecular flexibility index (Phi) is 6.97. The maximum absolute atomic E-state index is 12.7. The molecule has 0 bridgehead atoms. The van der Waals surface area contributed by atoms with Crippen LogP contribution in [0.1, 0.15) is 51.1 Å². The quantitative estimate of drug-likeness (QED) is 0.646. The van der Waals surface area contributed by atoms with Gasteiger partial charge in [-0.25, -0.2) is 0 Å². The van der Waals surface area contributed by atoms with Crippen LogP contribution in [-0.2, 0) is 15.0 Å². The van der Waals surface area contributed by atoms with Crippen LogP contribution >= 0.6 is 11.8 Å². The summed E-state index contributed by atoms with van der Waals surface area (Å²) in [6, 6.07) is 0.487. The van der Waals surface area contributed by atoms with Gasteiger partial charge in [0.1, 0.15) is 11.8 Å². The molecule has 1 aromatic rings. The van der Waals surface area contributed by atoms with E-state index in [4.69, 9.17) is 10.2 Å². The zero-order chi connectivity index (χ0) is 20.2. The van der Waals surface area contributed by atoms with E-state index in [1.807, 2.05) is 13.8 Å². The highest BCUT2D eigenvalue weighted by atomic mass is 32.2. The zero-order valence-electron chi connectivity index (χ0n) is 16.0. The van der Waals surface area contributed by atoms with E-state index in [-0.39, 0.29) is 24.0 Å².